The Hall–Kier alpha value is -3.33. The zero-order valence-corrected chi connectivity index (χ0v) is 16.9. The molecular formula is C24H24N2O4. The molecule has 0 aromatic heterocycles. The maximum absolute atomic E-state index is 13.2. The molecule has 4 rings (SSSR count). The smallest absolute Gasteiger partial charge is 0.410 e. The summed E-state index contributed by atoms with van der Waals surface area (Å²) < 4.78 is 10.8. The highest BCUT2D eigenvalue weighted by molar-refractivity contribution is 6.01. The molecule has 0 spiro atoms. The summed E-state index contributed by atoms with van der Waals surface area (Å²) in [5, 5.41) is 9.51. The van der Waals surface area contributed by atoms with Gasteiger partial charge in [0.05, 0.1) is 7.11 Å². The molecule has 0 radical (unpaired) electrons. The summed E-state index contributed by atoms with van der Waals surface area (Å²) in [6.07, 6.45) is 2.63. The van der Waals surface area contributed by atoms with Gasteiger partial charge >= 0.3 is 6.09 Å². The minimum absolute atomic E-state index is 0.00267. The van der Waals surface area contributed by atoms with Gasteiger partial charge in [-0.3, -0.25) is 4.79 Å². The van der Waals surface area contributed by atoms with Gasteiger partial charge in [0, 0.05) is 23.6 Å². The van der Waals surface area contributed by atoms with Crippen molar-refractivity contribution >= 4 is 11.9 Å². The van der Waals surface area contributed by atoms with Crippen molar-refractivity contribution in [3.63, 3.8) is 0 Å². The van der Waals surface area contributed by atoms with E-state index in [-0.39, 0.29) is 42.0 Å². The number of nitrogens with zero attached hydrogens (tertiary/aromatic N) is 2. The Kier molecular flexibility index (Phi) is 5.71. The molecule has 2 unspecified atom stereocenters. The Bertz CT molecular complexity index is 968. The third kappa shape index (κ3) is 3.76. The van der Waals surface area contributed by atoms with Crippen LogP contribution in [0.15, 0.2) is 48.5 Å². The second-order valence-corrected chi connectivity index (χ2v) is 7.86. The molecule has 0 N–H and O–H groups in total. The van der Waals surface area contributed by atoms with Crippen molar-refractivity contribution in [1.82, 2.24) is 4.90 Å². The quantitative estimate of drug-likeness (QED) is 0.693. The van der Waals surface area contributed by atoms with E-state index in [1.54, 1.807) is 18.2 Å². The summed E-state index contributed by atoms with van der Waals surface area (Å²) in [6, 6.07) is 16.8. The molecule has 2 aromatic rings. The van der Waals surface area contributed by atoms with Gasteiger partial charge in [0.15, 0.2) is 5.78 Å². The minimum atomic E-state index is -0.309. The van der Waals surface area contributed by atoms with E-state index in [0.717, 1.165) is 18.4 Å². The Morgan fingerprint density at radius 1 is 1.07 bits per heavy atom. The molecule has 2 aliphatic heterocycles. The van der Waals surface area contributed by atoms with Gasteiger partial charge in [-0.05, 0) is 43.4 Å². The van der Waals surface area contributed by atoms with Gasteiger partial charge in [0.25, 0.3) is 0 Å². The Morgan fingerprint density at radius 2 is 1.77 bits per heavy atom. The van der Waals surface area contributed by atoms with Gasteiger partial charge in [-0.15, -0.1) is 0 Å². The summed E-state index contributed by atoms with van der Waals surface area (Å²) >= 11 is 0. The van der Waals surface area contributed by atoms with E-state index < -0.39 is 0 Å². The number of methoxy groups -OCH3 is 1. The zero-order chi connectivity index (χ0) is 21.1. The van der Waals surface area contributed by atoms with Crippen molar-refractivity contribution in [2.75, 3.05) is 7.11 Å². The fourth-order valence-electron chi connectivity index (χ4n) is 4.72. The van der Waals surface area contributed by atoms with Gasteiger partial charge in [0.1, 0.15) is 24.0 Å². The van der Waals surface area contributed by atoms with E-state index in [1.807, 2.05) is 35.2 Å². The third-order valence-electron chi connectivity index (χ3n) is 6.14. The Morgan fingerprint density at radius 3 is 2.40 bits per heavy atom. The summed E-state index contributed by atoms with van der Waals surface area (Å²) in [5.41, 5.74) is 1.63. The number of rotatable bonds is 5. The van der Waals surface area contributed by atoms with Crippen LogP contribution in [0.2, 0.25) is 0 Å². The number of fused-ring (bicyclic) bond motifs is 2. The monoisotopic (exact) mass is 404 g/mol. The van der Waals surface area contributed by atoms with Gasteiger partial charge < -0.3 is 14.4 Å². The summed E-state index contributed by atoms with van der Waals surface area (Å²) in [6.45, 7) is 0.243. The Labute approximate surface area is 176 Å². The van der Waals surface area contributed by atoms with Crippen molar-refractivity contribution in [1.29, 1.82) is 5.26 Å². The fourth-order valence-corrected chi connectivity index (χ4v) is 4.72. The summed E-state index contributed by atoms with van der Waals surface area (Å²) in [7, 11) is 1.49. The molecule has 2 fully saturated rings. The number of amides is 1. The van der Waals surface area contributed by atoms with Crippen LogP contribution in [0, 0.1) is 17.2 Å². The lowest BCUT2D eigenvalue weighted by atomic mass is 9.83. The fraction of sp³-hybridized carbons (Fsp3) is 0.375. The lowest BCUT2D eigenvalue weighted by Crippen LogP contribution is -2.48. The number of carbonyl (C=O) groups excluding carboxylic acids is 2. The maximum atomic E-state index is 13.2. The summed E-state index contributed by atoms with van der Waals surface area (Å²) in [4.78, 5) is 27.8. The van der Waals surface area contributed by atoms with Crippen molar-refractivity contribution in [2.45, 2.75) is 44.4 Å². The molecule has 6 nitrogen and oxygen atoms in total. The van der Waals surface area contributed by atoms with Crippen LogP contribution in [0.3, 0.4) is 0 Å². The van der Waals surface area contributed by atoms with E-state index in [9.17, 15) is 14.9 Å². The van der Waals surface area contributed by atoms with E-state index >= 15 is 0 Å². The van der Waals surface area contributed by atoms with Crippen LogP contribution < -0.4 is 4.74 Å². The molecule has 30 heavy (non-hydrogen) atoms. The Balaban J connectivity index is 1.45. The number of nitriles is 1. The minimum Gasteiger partial charge on any atom is -0.495 e. The molecule has 2 aromatic carbocycles. The van der Waals surface area contributed by atoms with E-state index in [1.165, 1.54) is 7.11 Å². The van der Waals surface area contributed by atoms with Crippen molar-refractivity contribution in [3.05, 3.63) is 65.2 Å². The van der Waals surface area contributed by atoms with E-state index in [0.29, 0.717) is 24.2 Å². The molecule has 0 aliphatic carbocycles. The average Bonchev–Trinajstić information content (AvgIpc) is 3.06. The first kappa shape index (κ1) is 20.0. The topological polar surface area (TPSA) is 79.6 Å². The van der Waals surface area contributed by atoms with Crippen LogP contribution in [0.25, 0.3) is 0 Å². The predicted molar refractivity (Wildman–Crippen MR) is 110 cm³/mol. The predicted octanol–water partition coefficient (Wildman–Crippen LogP) is 4.33. The number of carbonyl (C=O) groups is 2. The average molecular weight is 404 g/mol. The highest BCUT2D eigenvalue weighted by Gasteiger charge is 2.46. The SMILES string of the molecule is COc1cccc(C(=O)C2CC3CCC(C2)N3C(=O)OCc2ccccc2)c1C#N. The highest BCUT2D eigenvalue weighted by atomic mass is 16.6. The second-order valence-electron chi connectivity index (χ2n) is 7.86. The van der Waals surface area contributed by atoms with E-state index in [4.69, 9.17) is 9.47 Å². The van der Waals surface area contributed by atoms with Gasteiger partial charge in [-0.2, -0.15) is 5.26 Å². The second kappa shape index (κ2) is 8.58. The third-order valence-corrected chi connectivity index (χ3v) is 6.14. The molecule has 2 heterocycles. The van der Waals surface area contributed by atoms with Gasteiger partial charge in [-0.25, -0.2) is 4.79 Å². The number of Topliss-reactive ketones (excluding diaryl/α,β-unsaturated/α-hetero) is 1. The first-order valence-corrected chi connectivity index (χ1v) is 10.2. The van der Waals surface area contributed by atoms with Crippen molar-refractivity contribution < 1.29 is 19.1 Å². The van der Waals surface area contributed by atoms with Crippen LogP contribution in [-0.2, 0) is 11.3 Å². The molecule has 154 valence electrons. The number of benzene rings is 2. The molecule has 2 bridgehead atoms. The number of hydrogen-bond acceptors (Lipinski definition) is 5. The van der Waals surface area contributed by atoms with Crippen LogP contribution in [0.1, 0.15) is 47.2 Å². The van der Waals surface area contributed by atoms with Gasteiger partial charge in [0.2, 0.25) is 0 Å². The number of piperidine rings is 1. The molecule has 0 saturated carbocycles. The van der Waals surface area contributed by atoms with Crippen molar-refractivity contribution in [3.8, 4) is 11.8 Å². The molecule has 2 atom stereocenters. The van der Waals surface area contributed by atoms with Crippen molar-refractivity contribution in [2.24, 2.45) is 5.92 Å². The summed E-state index contributed by atoms with van der Waals surface area (Å²) in [5.74, 6) is 0.160. The van der Waals surface area contributed by atoms with Crippen LogP contribution in [0.4, 0.5) is 4.79 Å². The molecule has 2 aliphatic rings. The lowest BCUT2D eigenvalue weighted by Gasteiger charge is -2.37. The maximum Gasteiger partial charge on any atom is 0.410 e. The van der Waals surface area contributed by atoms with Crippen LogP contribution >= 0.6 is 0 Å². The largest absolute Gasteiger partial charge is 0.495 e. The van der Waals surface area contributed by atoms with Crippen LogP contribution in [0.5, 0.6) is 5.75 Å². The van der Waals surface area contributed by atoms with E-state index in [2.05, 4.69) is 6.07 Å². The number of ether oxygens (including phenoxy) is 2. The molecule has 1 amide bonds. The zero-order valence-electron chi connectivity index (χ0n) is 16.9. The lowest BCUT2D eigenvalue weighted by molar-refractivity contribution is 0.0485. The molecule has 6 heteroatoms. The molecule has 2 saturated heterocycles. The van der Waals surface area contributed by atoms with Gasteiger partial charge in [-0.1, -0.05) is 36.4 Å². The first-order chi connectivity index (χ1) is 14.6. The number of hydrogen-bond donors (Lipinski definition) is 0. The van der Waals surface area contributed by atoms with Crippen LogP contribution in [-0.4, -0.2) is 36.0 Å². The molecular weight excluding hydrogens is 380 g/mol. The standard InChI is InChI=1S/C24H24N2O4/c1-29-22-9-5-8-20(21(22)14-25)23(27)17-12-18-10-11-19(13-17)26(18)24(28)30-15-16-6-3-2-4-7-16/h2-9,17-19H,10-13,15H2,1H3. The normalized spacial score (nSPS) is 22.3. The highest BCUT2D eigenvalue weighted by Crippen LogP contribution is 2.41. The first-order valence-electron chi connectivity index (χ1n) is 10.2. The number of ketones is 1.